The average Bonchev–Trinajstić information content (AvgIpc) is 1.00. The zero-order valence-corrected chi connectivity index (χ0v) is 8.79. The third kappa shape index (κ3) is 19.9. The summed E-state index contributed by atoms with van der Waals surface area (Å²) >= 11 is 0.611. The van der Waals surface area contributed by atoms with Gasteiger partial charge in [-0.05, 0) is 0 Å². The van der Waals surface area contributed by atoms with Gasteiger partial charge in [0.05, 0.1) is 0 Å². The molecule has 0 rings (SSSR count). The van der Waals surface area contributed by atoms with E-state index in [9.17, 15) is 0 Å². The molecule has 0 aliphatic carbocycles. The molecule has 0 saturated heterocycles. The number of hydrogen-bond donors (Lipinski definition) is 0. The van der Waals surface area contributed by atoms with Crippen molar-refractivity contribution >= 4 is 35.1 Å². The van der Waals surface area contributed by atoms with Crippen molar-refractivity contribution in [3.8, 4) is 0 Å². The van der Waals surface area contributed by atoms with Gasteiger partial charge in [0, 0.05) is 57.3 Å². The number of hydrogen-bond acceptors (Lipinski definition) is 1. The fourth-order valence-corrected chi connectivity index (χ4v) is 0. The van der Waals surface area contributed by atoms with Gasteiger partial charge in [0.2, 0.25) is 0 Å². The van der Waals surface area contributed by atoms with E-state index in [1.54, 1.807) is 0 Å². The first kappa shape index (κ1) is 24.9. The fourth-order valence-electron chi connectivity index (χ4n) is 0. The maximum atomic E-state index is 8.28. The quantitative estimate of drug-likeness (QED) is 0.474. The molecule has 0 amide bonds. The second kappa shape index (κ2) is 28.9. The van der Waals surface area contributed by atoms with Gasteiger partial charge in [-0.15, -0.1) is 0 Å². The predicted molar refractivity (Wildman–Crippen MR) is 15.0 cm³/mol. The van der Waals surface area contributed by atoms with Gasteiger partial charge in [0.15, 0.2) is 0 Å². The first-order valence-electron chi connectivity index (χ1n) is 0.289. The summed E-state index contributed by atoms with van der Waals surface area (Å²) in [5, 5.41) is 0. The monoisotopic (exact) mass is 239 g/mol. The van der Waals surface area contributed by atoms with Crippen molar-refractivity contribution in [3.63, 3.8) is 0 Å². The van der Waals surface area contributed by atoms with Crippen molar-refractivity contribution in [2.45, 2.75) is 0 Å². The van der Waals surface area contributed by atoms with E-state index < -0.39 is 0 Å². The Morgan fingerprint density at radius 1 is 1.20 bits per heavy atom. The molecular weight excluding hydrogens is 237 g/mol. The minimum Gasteiger partial charge on any atom is 0 e. The summed E-state index contributed by atoms with van der Waals surface area (Å²) in [5.74, 6) is 0. The predicted octanol–water partition coefficient (Wildman–Crippen LogP) is -1.42. The van der Waals surface area contributed by atoms with Crippen molar-refractivity contribution in [2.75, 3.05) is 0 Å². The van der Waals surface area contributed by atoms with E-state index in [1.807, 2.05) is 0 Å². The average molecular weight is 239 g/mol. The van der Waals surface area contributed by atoms with Gasteiger partial charge in [-0.1, -0.05) is 0 Å². The smallest absolute Gasteiger partial charge is 0 e. The third-order valence-corrected chi connectivity index (χ3v) is 0. The van der Waals surface area contributed by atoms with Gasteiger partial charge in [-0.2, -0.15) is 0 Å². The molecule has 5 heavy (non-hydrogen) atoms. The first-order valence-corrected chi connectivity index (χ1v) is 0.866. The Morgan fingerprint density at radius 2 is 1.20 bits per heavy atom. The van der Waals surface area contributed by atoms with Crippen LogP contribution in [0.5, 0.6) is 0 Å². The Labute approximate surface area is 94.3 Å². The maximum Gasteiger partial charge on any atom is 0 e. The summed E-state index contributed by atoms with van der Waals surface area (Å²) in [5.41, 5.74) is 0. The van der Waals surface area contributed by atoms with Gasteiger partial charge in [-0.3, -0.25) is 0 Å². The van der Waals surface area contributed by atoms with Crippen LogP contribution in [-0.2, 0) is 25.5 Å². The van der Waals surface area contributed by atoms with E-state index in [2.05, 4.69) is 0 Å². The zero-order chi connectivity index (χ0) is 2.00. The summed E-state index contributed by atoms with van der Waals surface area (Å²) in [6, 6.07) is 0. The van der Waals surface area contributed by atoms with Gasteiger partial charge < -0.3 is 0 Å². The molecular formula is H2AlLaLiOTi. The van der Waals surface area contributed by atoms with E-state index in [0.717, 1.165) is 0 Å². The molecule has 1 nitrogen and oxygen atoms in total. The second-order valence-electron chi connectivity index (χ2n) is 0. The Bertz CT molecular complexity index is 11.6. The van der Waals surface area contributed by atoms with Crippen LogP contribution in [0.25, 0.3) is 0 Å². The fraction of sp³-hybridized carbons (Fsp3) is 0. The summed E-state index contributed by atoms with van der Waals surface area (Å²) in [4.78, 5) is 0. The van der Waals surface area contributed by atoms with E-state index >= 15 is 0 Å². The molecule has 0 aliphatic heterocycles. The van der Waals surface area contributed by atoms with Gasteiger partial charge >= 0.3 is 38.9 Å². The van der Waals surface area contributed by atoms with Crippen LogP contribution in [0.1, 0.15) is 0 Å². The molecule has 0 spiro atoms. The van der Waals surface area contributed by atoms with E-state index in [0.29, 0.717) is 16.2 Å². The van der Waals surface area contributed by atoms with E-state index in [1.165, 1.54) is 0 Å². The molecule has 0 unspecified atom stereocenters. The Kier molecular flexibility index (Phi) is 144. The molecule has 0 aromatic heterocycles. The Balaban J connectivity index is -0.00000000167. The molecule has 19 valence electrons. The van der Waals surface area contributed by atoms with Crippen LogP contribution in [0.2, 0.25) is 0 Å². The third-order valence-electron chi connectivity index (χ3n) is 0. The Morgan fingerprint density at radius 3 is 1.20 bits per heavy atom. The molecule has 1 radical (unpaired) electrons. The molecule has 5 heteroatoms. The van der Waals surface area contributed by atoms with Crippen molar-refractivity contribution < 1.29 is 61.1 Å². The normalized spacial score (nSPS) is 0.600. The van der Waals surface area contributed by atoms with Crippen LogP contribution in [0.15, 0.2) is 0 Å². The van der Waals surface area contributed by atoms with Gasteiger partial charge in [-0.25, -0.2) is 0 Å². The van der Waals surface area contributed by atoms with Crippen LogP contribution in [-0.4, -0.2) is 35.1 Å². The molecule has 0 bridgehead atoms. The second-order valence-corrected chi connectivity index (χ2v) is 0. The van der Waals surface area contributed by atoms with Crippen molar-refractivity contribution in [1.82, 2.24) is 0 Å². The SMILES string of the molecule is [La].[LiH].[O]=[AlH].[Ti]. The molecule has 0 aliphatic rings. The largest absolute Gasteiger partial charge is 0 e. The molecule has 0 aromatic rings. The van der Waals surface area contributed by atoms with Crippen LogP contribution in [0.3, 0.4) is 0 Å². The molecule has 0 saturated carbocycles. The summed E-state index contributed by atoms with van der Waals surface area (Å²) in [6.45, 7) is 0. The standard InChI is InChI=1S/Al.La.Li.O.Ti.2H. The molecule has 0 aromatic carbocycles. The van der Waals surface area contributed by atoms with Crippen LogP contribution in [0, 0.1) is 35.6 Å². The van der Waals surface area contributed by atoms with Crippen LogP contribution < -0.4 is 0 Å². The molecule has 0 heterocycles. The summed E-state index contributed by atoms with van der Waals surface area (Å²) in [6.07, 6.45) is 0. The van der Waals surface area contributed by atoms with E-state index in [4.69, 9.17) is 3.80 Å². The van der Waals surface area contributed by atoms with Gasteiger partial charge in [0.25, 0.3) is 0 Å². The minimum absolute atomic E-state index is 0. The summed E-state index contributed by atoms with van der Waals surface area (Å²) in [7, 11) is 0. The van der Waals surface area contributed by atoms with Crippen molar-refractivity contribution in [1.29, 1.82) is 0 Å². The molecule has 0 fully saturated rings. The number of rotatable bonds is 0. The molecule has 0 N–H and O–H groups in total. The van der Waals surface area contributed by atoms with Gasteiger partial charge in [0.1, 0.15) is 0 Å². The first-order chi connectivity index (χ1) is 1.00. The summed E-state index contributed by atoms with van der Waals surface area (Å²) < 4.78 is 8.28. The van der Waals surface area contributed by atoms with Crippen LogP contribution in [0.4, 0.5) is 0 Å². The van der Waals surface area contributed by atoms with Crippen molar-refractivity contribution in [2.24, 2.45) is 0 Å². The maximum absolute atomic E-state index is 8.28. The van der Waals surface area contributed by atoms with E-state index in [-0.39, 0.29) is 76.2 Å². The Hall–Kier alpha value is 2.84. The van der Waals surface area contributed by atoms with Crippen LogP contribution >= 0.6 is 0 Å². The molecule has 0 atom stereocenters. The minimum atomic E-state index is 0. The topological polar surface area (TPSA) is 17.1 Å². The zero-order valence-electron chi connectivity index (χ0n) is 2.19. The van der Waals surface area contributed by atoms with Crippen molar-refractivity contribution in [3.05, 3.63) is 0 Å².